The molecular weight excluding hydrogens is 420 g/mol. The molecular formula is C23H28O9. The van der Waals surface area contributed by atoms with E-state index < -0.39 is 48.3 Å². The lowest BCUT2D eigenvalue weighted by molar-refractivity contribution is -0.168. The topological polar surface area (TPSA) is 122 Å². The third kappa shape index (κ3) is 5.93. The van der Waals surface area contributed by atoms with Crippen molar-refractivity contribution in [2.45, 2.75) is 71.7 Å². The van der Waals surface area contributed by atoms with Crippen LogP contribution in [0.5, 0.6) is 0 Å². The molecule has 0 amide bonds. The van der Waals surface area contributed by atoms with Gasteiger partial charge in [0.05, 0.1) is 5.57 Å². The minimum Gasteiger partial charge on any atom is -0.461 e. The summed E-state index contributed by atoms with van der Waals surface area (Å²) in [4.78, 5) is 61.2. The summed E-state index contributed by atoms with van der Waals surface area (Å²) in [5.74, 6) is -3.15. The second-order valence-corrected chi connectivity index (χ2v) is 8.18. The number of hydrogen-bond donors (Lipinski definition) is 0. The number of rotatable bonds is 5. The number of carbonyl (C=O) groups is 5. The third-order valence-corrected chi connectivity index (χ3v) is 5.22. The molecule has 2 rings (SSSR count). The molecule has 3 unspecified atom stereocenters. The van der Waals surface area contributed by atoms with E-state index in [1.807, 2.05) is 0 Å². The molecule has 0 N–H and O–H groups in total. The minimum atomic E-state index is -1.63. The molecule has 1 aliphatic carbocycles. The summed E-state index contributed by atoms with van der Waals surface area (Å²) in [6, 6.07) is 0. The van der Waals surface area contributed by atoms with Crippen molar-refractivity contribution in [2.24, 2.45) is 0 Å². The van der Waals surface area contributed by atoms with Crippen LogP contribution in [0.2, 0.25) is 0 Å². The van der Waals surface area contributed by atoms with Gasteiger partial charge in [0.15, 0.2) is 11.4 Å². The molecule has 1 heterocycles. The Labute approximate surface area is 186 Å². The SMILES string of the molecule is C=C(C)C(=O)OC1CC(C)(OC(C)=O)C(=O)CCC(C)=CC2OC(=O)C(COC(C)=O)=C21. The van der Waals surface area contributed by atoms with Crippen molar-refractivity contribution in [1.82, 2.24) is 0 Å². The van der Waals surface area contributed by atoms with Crippen LogP contribution in [0.4, 0.5) is 0 Å². The number of carbonyl (C=O) groups excluding carboxylic acids is 5. The highest BCUT2D eigenvalue weighted by Gasteiger charge is 2.46. The number of fused-ring (bicyclic) bond motifs is 1. The smallest absolute Gasteiger partial charge is 0.338 e. The van der Waals surface area contributed by atoms with Gasteiger partial charge in [0, 0.05) is 37.8 Å². The molecule has 0 saturated heterocycles. The molecule has 9 nitrogen and oxygen atoms in total. The van der Waals surface area contributed by atoms with Gasteiger partial charge in [-0.1, -0.05) is 12.2 Å². The largest absolute Gasteiger partial charge is 0.461 e. The summed E-state index contributed by atoms with van der Waals surface area (Å²) in [6.45, 7) is 10.2. The van der Waals surface area contributed by atoms with E-state index in [9.17, 15) is 24.0 Å². The average molecular weight is 448 g/mol. The van der Waals surface area contributed by atoms with E-state index in [1.54, 1.807) is 13.0 Å². The van der Waals surface area contributed by atoms with Crippen molar-refractivity contribution >= 4 is 29.7 Å². The molecule has 0 aromatic heterocycles. The van der Waals surface area contributed by atoms with E-state index in [0.717, 1.165) is 5.57 Å². The molecule has 0 spiro atoms. The van der Waals surface area contributed by atoms with E-state index in [4.69, 9.17) is 18.9 Å². The third-order valence-electron chi connectivity index (χ3n) is 5.22. The van der Waals surface area contributed by atoms with Crippen molar-refractivity contribution in [3.05, 3.63) is 34.9 Å². The maximum absolute atomic E-state index is 13.0. The molecule has 0 radical (unpaired) electrons. The Kier molecular flexibility index (Phi) is 7.77. The molecule has 3 atom stereocenters. The van der Waals surface area contributed by atoms with Gasteiger partial charge in [-0.2, -0.15) is 0 Å². The Hall–Kier alpha value is -3.23. The Morgan fingerprint density at radius 1 is 1.16 bits per heavy atom. The number of Topliss-reactive ketones (excluding diaryl/α,β-unsaturated/α-hetero) is 1. The Bertz CT molecular complexity index is 924. The standard InChI is InChI=1S/C23H28O9/c1-12(2)21(27)31-18-10-23(6,32-15(5)25)19(26)8-7-13(3)9-17-20(18)16(22(28)30-17)11-29-14(4)24/h9,17-18H,1,7-8,10-11H2,2-6H3. The fraction of sp³-hybridized carbons (Fsp3) is 0.522. The molecule has 32 heavy (non-hydrogen) atoms. The second-order valence-electron chi connectivity index (χ2n) is 8.18. The molecule has 0 aromatic carbocycles. The Morgan fingerprint density at radius 3 is 2.38 bits per heavy atom. The van der Waals surface area contributed by atoms with E-state index in [0.29, 0.717) is 6.42 Å². The van der Waals surface area contributed by atoms with Crippen LogP contribution in [0, 0.1) is 0 Å². The molecule has 174 valence electrons. The van der Waals surface area contributed by atoms with Gasteiger partial charge in [-0.05, 0) is 33.3 Å². The first-order valence-corrected chi connectivity index (χ1v) is 10.2. The van der Waals surface area contributed by atoms with Crippen LogP contribution >= 0.6 is 0 Å². The summed E-state index contributed by atoms with van der Waals surface area (Å²) in [7, 11) is 0. The van der Waals surface area contributed by atoms with Crippen LogP contribution < -0.4 is 0 Å². The monoisotopic (exact) mass is 448 g/mol. The van der Waals surface area contributed by atoms with Gasteiger partial charge in [0.25, 0.3) is 0 Å². The fourth-order valence-corrected chi connectivity index (χ4v) is 3.60. The maximum atomic E-state index is 13.0. The zero-order chi connectivity index (χ0) is 24.2. The number of hydrogen-bond acceptors (Lipinski definition) is 9. The normalized spacial score (nSPS) is 25.8. The molecule has 0 bridgehead atoms. The van der Waals surface area contributed by atoms with Crippen LogP contribution in [0.25, 0.3) is 0 Å². The number of ether oxygens (including phenoxy) is 4. The summed E-state index contributed by atoms with van der Waals surface area (Å²) < 4.78 is 21.5. The van der Waals surface area contributed by atoms with Crippen LogP contribution in [-0.2, 0) is 42.9 Å². The second kappa shape index (κ2) is 9.93. The van der Waals surface area contributed by atoms with Crippen molar-refractivity contribution < 1.29 is 42.9 Å². The summed E-state index contributed by atoms with van der Waals surface area (Å²) in [5.41, 5.74) is -0.540. The van der Waals surface area contributed by atoms with E-state index in [1.165, 1.54) is 27.7 Å². The van der Waals surface area contributed by atoms with Crippen LogP contribution in [0.1, 0.15) is 53.9 Å². The predicted octanol–water partition coefficient (Wildman–Crippen LogP) is 2.28. The molecule has 9 heteroatoms. The number of esters is 4. The number of allylic oxidation sites excluding steroid dienone is 1. The van der Waals surface area contributed by atoms with E-state index in [-0.39, 0.29) is 35.3 Å². The van der Waals surface area contributed by atoms with Gasteiger partial charge >= 0.3 is 23.9 Å². The molecule has 0 saturated carbocycles. The molecule has 2 aliphatic rings. The van der Waals surface area contributed by atoms with E-state index in [2.05, 4.69) is 6.58 Å². The van der Waals surface area contributed by atoms with Gasteiger partial charge in [-0.25, -0.2) is 9.59 Å². The zero-order valence-electron chi connectivity index (χ0n) is 18.9. The Balaban J connectivity index is 2.68. The Morgan fingerprint density at radius 2 is 1.81 bits per heavy atom. The first kappa shape index (κ1) is 25.0. The quantitative estimate of drug-likeness (QED) is 0.270. The van der Waals surface area contributed by atoms with Gasteiger partial charge in [-0.15, -0.1) is 0 Å². The van der Waals surface area contributed by atoms with Crippen LogP contribution in [-0.4, -0.2) is 54.1 Å². The summed E-state index contributed by atoms with van der Waals surface area (Å²) in [5, 5.41) is 0. The molecule has 1 aliphatic heterocycles. The highest BCUT2D eigenvalue weighted by molar-refractivity contribution is 5.95. The van der Waals surface area contributed by atoms with Gasteiger partial charge in [-0.3, -0.25) is 14.4 Å². The maximum Gasteiger partial charge on any atom is 0.338 e. The van der Waals surface area contributed by atoms with Crippen molar-refractivity contribution in [1.29, 1.82) is 0 Å². The lowest BCUT2D eigenvalue weighted by Crippen LogP contribution is -2.45. The van der Waals surface area contributed by atoms with Crippen molar-refractivity contribution in [3.63, 3.8) is 0 Å². The van der Waals surface area contributed by atoms with E-state index >= 15 is 0 Å². The molecule has 0 fully saturated rings. The van der Waals surface area contributed by atoms with Gasteiger partial charge < -0.3 is 18.9 Å². The minimum absolute atomic E-state index is 0.00645. The highest BCUT2D eigenvalue weighted by atomic mass is 16.6. The molecule has 0 aromatic rings. The number of ketones is 1. The lowest BCUT2D eigenvalue weighted by atomic mass is 9.83. The summed E-state index contributed by atoms with van der Waals surface area (Å²) >= 11 is 0. The zero-order valence-corrected chi connectivity index (χ0v) is 18.9. The first-order chi connectivity index (χ1) is 14.8. The van der Waals surface area contributed by atoms with Crippen LogP contribution in [0.3, 0.4) is 0 Å². The lowest BCUT2D eigenvalue weighted by Gasteiger charge is -2.33. The van der Waals surface area contributed by atoms with Crippen molar-refractivity contribution in [3.8, 4) is 0 Å². The van der Waals surface area contributed by atoms with Gasteiger partial charge in [0.1, 0.15) is 18.8 Å². The average Bonchev–Trinajstić information content (AvgIpc) is 2.97. The predicted molar refractivity (Wildman–Crippen MR) is 111 cm³/mol. The highest BCUT2D eigenvalue weighted by Crippen LogP contribution is 2.36. The fourth-order valence-electron chi connectivity index (χ4n) is 3.60. The summed E-state index contributed by atoms with van der Waals surface area (Å²) in [6.07, 6.45) is -0.233. The van der Waals surface area contributed by atoms with Crippen molar-refractivity contribution in [2.75, 3.05) is 6.61 Å². The van der Waals surface area contributed by atoms with Crippen LogP contribution in [0.15, 0.2) is 34.9 Å². The van der Waals surface area contributed by atoms with Gasteiger partial charge in [0.2, 0.25) is 0 Å². The first-order valence-electron chi connectivity index (χ1n) is 10.2.